The summed E-state index contributed by atoms with van der Waals surface area (Å²) in [5.41, 5.74) is -0.176. The van der Waals surface area contributed by atoms with Crippen LogP contribution >= 0.6 is 27.5 Å². The molecule has 0 N–H and O–H groups in total. The second-order valence-corrected chi connectivity index (χ2v) is 5.01. The van der Waals surface area contributed by atoms with Gasteiger partial charge in [0.05, 0.1) is 18.1 Å². The molecule has 1 atom stereocenters. The van der Waals surface area contributed by atoms with Crippen molar-refractivity contribution in [2.24, 2.45) is 5.92 Å². The standard InChI is InChI=1S/C10H18BrClO/c1-10(7-11,8-12)13-6-9-4-2-3-5-9/h9H,2-8H2,1H3. The smallest absolute Gasteiger partial charge is 0.0885 e. The zero-order valence-electron chi connectivity index (χ0n) is 8.19. The van der Waals surface area contributed by atoms with E-state index in [2.05, 4.69) is 22.9 Å². The molecule has 0 bridgehead atoms. The van der Waals surface area contributed by atoms with Gasteiger partial charge in [-0.3, -0.25) is 0 Å². The Morgan fingerprint density at radius 3 is 2.54 bits per heavy atom. The van der Waals surface area contributed by atoms with E-state index in [-0.39, 0.29) is 5.60 Å². The van der Waals surface area contributed by atoms with E-state index in [9.17, 15) is 0 Å². The van der Waals surface area contributed by atoms with E-state index >= 15 is 0 Å². The van der Waals surface area contributed by atoms with E-state index in [1.165, 1.54) is 25.7 Å². The molecule has 1 fully saturated rings. The molecule has 0 amide bonds. The highest BCUT2D eigenvalue weighted by Crippen LogP contribution is 2.27. The van der Waals surface area contributed by atoms with E-state index in [1.54, 1.807) is 0 Å². The van der Waals surface area contributed by atoms with E-state index < -0.39 is 0 Å². The molecule has 3 heteroatoms. The van der Waals surface area contributed by atoms with Gasteiger partial charge in [0.15, 0.2) is 0 Å². The molecule has 1 aliphatic carbocycles. The van der Waals surface area contributed by atoms with Crippen LogP contribution < -0.4 is 0 Å². The monoisotopic (exact) mass is 268 g/mol. The van der Waals surface area contributed by atoms with Crippen molar-refractivity contribution in [3.63, 3.8) is 0 Å². The van der Waals surface area contributed by atoms with E-state index in [0.29, 0.717) is 5.88 Å². The average Bonchev–Trinajstić information content (AvgIpc) is 2.67. The zero-order chi connectivity index (χ0) is 9.73. The number of alkyl halides is 2. The molecular weight excluding hydrogens is 251 g/mol. The fourth-order valence-electron chi connectivity index (χ4n) is 1.61. The molecule has 1 unspecified atom stereocenters. The Morgan fingerprint density at radius 2 is 2.08 bits per heavy atom. The van der Waals surface area contributed by atoms with Crippen LogP contribution in [0.4, 0.5) is 0 Å². The van der Waals surface area contributed by atoms with Crippen molar-refractivity contribution in [1.29, 1.82) is 0 Å². The number of halogens is 2. The van der Waals surface area contributed by atoms with Gasteiger partial charge in [0.1, 0.15) is 0 Å². The highest BCUT2D eigenvalue weighted by molar-refractivity contribution is 9.09. The fraction of sp³-hybridized carbons (Fsp3) is 1.00. The maximum atomic E-state index is 5.84. The van der Waals surface area contributed by atoms with Crippen molar-refractivity contribution in [2.45, 2.75) is 38.2 Å². The highest BCUT2D eigenvalue weighted by Gasteiger charge is 2.25. The van der Waals surface area contributed by atoms with Crippen LogP contribution in [0.15, 0.2) is 0 Å². The minimum absolute atomic E-state index is 0.176. The van der Waals surface area contributed by atoms with Crippen molar-refractivity contribution in [1.82, 2.24) is 0 Å². The summed E-state index contributed by atoms with van der Waals surface area (Å²) in [6, 6.07) is 0. The van der Waals surface area contributed by atoms with E-state index in [1.807, 2.05) is 0 Å². The molecule has 0 aliphatic heterocycles. The Balaban J connectivity index is 2.22. The molecule has 1 aliphatic rings. The van der Waals surface area contributed by atoms with Gasteiger partial charge in [0.25, 0.3) is 0 Å². The van der Waals surface area contributed by atoms with Crippen LogP contribution in [0.2, 0.25) is 0 Å². The van der Waals surface area contributed by atoms with Crippen LogP contribution in [0.1, 0.15) is 32.6 Å². The summed E-state index contributed by atoms with van der Waals surface area (Å²) in [5, 5.41) is 0.816. The van der Waals surface area contributed by atoms with Gasteiger partial charge < -0.3 is 4.74 Å². The number of rotatable bonds is 5. The Kier molecular flexibility index (Phi) is 5.06. The van der Waals surface area contributed by atoms with E-state index in [4.69, 9.17) is 16.3 Å². The van der Waals surface area contributed by atoms with Crippen LogP contribution in [-0.4, -0.2) is 23.4 Å². The van der Waals surface area contributed by atoms with Crippen molar-refractivity contribution < 1.29 is 4.74 Å². The van der Waals surface area contributed by atoms with Gasteiger partial charge in [-0.05, 0) is 25.7 Å². The quantitative estimate of drug-likeness (QED) is 0.693. The Morgan fingerprint density at radius 1 is 1.46 bits per heavy atom. The molecule has 0 aromatic carbocycles. The van der Waals surface area contributed by atoms with Crippen molar-refractivity contribution >= 4 is 27.5 Å². The lowest BCUT2D eigenvalue weighted by Crippen LogP contribution is -2.34. The number of ether oxygens (including phenoxy) is 1. The van der Waals surface area contributed by atoms with Crippen LogP contribution in [0, 0.1) is 5.92 Å². The first-order valence-corrected chi connectivity index (χ1v) is 6.62. The summed E-state index contributed by atoms with van der Waals surface area (Å²) in [6.07, 6.45) is 5.42. The summed E-state index contributed by atoms with van der Waals surface area (Å²) in [4.78, 5) is 0. The SMILES string of the molecule is CC(CCl)(CBr)OCC1CCCC1. The summed E-state index contributed by atoms with van der Waals surface area (Å²) >= 11 is 9.27. The second-order valence-electron chi connectivity index (χ2n) is 4.18. The van der Waals surface area contributed by atoms with Gasteiger partial charge in [0.2, 0.25) is 0 Å². The molecule has 0 saturated heterocycles. The Bertz CT molecular complexity index is 142. The Hall–Kier alpha value is 0.730. The summed E-state index contributed by atoms with van der Waals surface area (Å²) in [6.45, 7) is 2.94. The molecule has 78 valence electrons. The lowest BCUT2D eigenvalue weighted by atomic mass is 10.1. The predicted octanol–water partition coefficient (Wildman–Crippen LogP) is 3.59. The minimum Gasteiger partial charge on any atom is -0.373 e. The number of hydrogen-bond acceptors (Lipinski definition) is 1. The molecule has 0 aromatic rings. The normalized spacial score (nSPS) is 23.3. The van der Waals surface area contributed by atoms with Gasteiger partial charge in [0, 0.05) is 5.33 Å². The van der Waals surface area contributed by atoms with Gasteiger partial charge in [-0.25, -0.2) is 0 Å². The molecule has 1 rings (SSSR count). The molecule has 0 radical (unpaired) electrons. The van der Waals surface area contributed by atoms with Gasteiger partial charge in [-0.1, -0.05) is 28.8 Å². The Labute approximate surface area is 94.3 Å². The molecule has 0 spiro atoms. The largest absolute Gasteiger partial charge is 0.373 e. The maximum absolute atomic E-state index is 5.84. The summed E-state index contributed by atoms with van der Waals surface area (Å²) in [7, 11) is 0. The maximum Gasteiger partial charge on any atom is 0.0885 e. The molecule has 0 heterocycles. The topological polar surface area (TPSA) is 9.23 Å². The number of hydrogen-bond donors (Lipinski definition) is 0. The highest BCUT2D eigenvalue weighted by atomic mass is 79.9. The van der Waals surface area contributed by atoms with Crippen LogP contribution in [0.25, 0.3) is 0 Å². The fourth-order valence-corrected chi connectivity index (χ4v) is 2.37. The molecule has 13 heavy (non-hydrogen) atoms. The van der Waals surface area contributed by atoms with Crippen molar-refractivity contribution in [2.75, 3.05) is 17.8 Å². The predicted molar refractivity (Wildman–Crippen MR) is 60.8 cm³/mol. The molecular formula is C10H18BrClO. The van der Waals surface area contributed by atoms with Crippen LogP contribution in [-0.2, 0) is 4.74 Å². The zero-order valence-corrected chi connectivity index (χ0v) is 10.5. The third-order valence-corrected chi connectivity index (χ3v) is 4.46. The minimum atomic E-state index is -0.176. The summed E-state index contributed by atoms with van der Waals surface area (Å²) < 4.78 is 5.83. The average molecular weight is 270 g/mol. The first-order valence-electron chi connectivity index (χ1n) is 4.96. The van der Waals surface area contributed by atoms with Crippen LogP contribution in [0.5, 0.6) is 0 Å². The van der Waals surface area contributed by atoms with Gasteiger partial charge in [-0.2, -0.15) is 0 Å². The molecule has 1 nitrogen and oxygen atoms in total. The summed E-state index contributed by atoms with van der Waals surface area (Å²) in [5.74, 6) is 1.34. The third-order valence-electron chi connectivity index (χ3n) is 2.71. The van der Waals surface area contributed by atoms with Crippen molar-refractivity contribution in [3.8, 4) is 0 Å². The first kappa shape index (κ1) is 11.8. The molecule has 0 aromatic heterocycles. The van der Waals surface area contributed by atoms with E-state index in [0.717, 1.165) is 17.9 Å². The second kappa shape index (κ2) is 5.57. The van der Waals surface area contributed by atoms with Gasteiger partial charge in [-0.15, -0.1) is 11.6 Å². The van der Waals surface area contributed by atoms with Crippen LogP contribution in [0.3, 0.4) is 0 Å². The molecule has 1 saturated carbocycles. The third kappa shape index (κ3) is 3.77. The first-order chi connectivity index (χ1) is 6.20. The lowest BCUT2D eigenvalue weighted by Gasteiger charge is -2.26. The van der Waals surface area contributed by atoms with Gasteiger partial charge >= 0.3 is 0 Å². The lowest BCUT2D eigenvalue weighted by molar-refractivity contribution is -0.0143. The van der Waals surface area contributed by atoms with Crippen molar-refractivity contribution in [3.05, 3.63) is 0 Å².